The van der Waals surface area contributed by atoms with E-state index in [2.05, 4.69) is 92.6 Å². The summed E-state index contributed by atoms with van der Waals surface area (Å²) in [5.41, 5.74) is 5.01. The first-order chi connectivity index (χ1) is 15.1. The molecule has 32 heavy (non-hydrogen) atoms. The van der Waals surface area contributed by atoms with Crippen LogP contribution < -0.4 is 4.40 Å². The van der Waals surface area contributed by atoms with Gasteiger partial charge < -0.3 is 0 Å². The molecule has 2 nitrogen and oxygen atoms in total. The van der Waals surface area contributed by atoms with Crippen LogP contribution in [0.15, 0.2) is 60.9 Å². The Morgan fingerprint density at radius 1 is 0.875 bits per heavy atom. The zero-order chi connectivity index (χ0) is 22.7. The fourth-order valence-electron chi connectivity index (χ4n) is 4.61. The molecule has 0 aliphatic heterocycles. The Kier molecular flexibility index (Phi) is 5.18. The van der Waals surface area contributed by atoms with Crippen molar-refractivity contribution in [1.29, 1.82) is 0 Å². The number of rotatable bonds is 3. The molecule has 0 amide bonds. The number of hydrogen-bond acceptors (Lipinski definition) is 3. The summed E-state index contributed by atoms with van der Waals surface area (Å²) in [6, 6.07) is 20.4. The van der Waals surface area contributed by atoms with Crippen molar-refractivity contribution >= 4 is 60.1 Å². The third kappa shape index (κ3) is 3.97. The molecule has 0 saturated heterocycles. The van der Waals surface area contributed by atoms with Crippen LogP contribution in [0.2, 0.25) is 17.3 Å². The third-order valence-corrected chi connectivity index (χ3v) is 11.4. The van der Waals surface area contributed by atoms with Gasteiger partial charge in [-0.25, -0.2) is 0 Å². The van der Waals surface area contributed by atoms with Gasteiger partial charge in [-0.1, -0.05) is 0 Å². The van der Waals surface area contributed by atoms with Gasteiger partial charge in [-0.05, 0) is 0 Å². The predicted octanol–water partition coefficient (Wildman–Crippen LogP) is 7.80. The fourth-order valence-corrected chi connectivity index (χ4v) is 9.25. The zero-order valence-electron chi connectivity index (χ0n) is 19.8. The van der Waals surface area contributed by atoms with Crippen molar-refractivity contribution in [1.82, 2.24) is 9.97 Å². The van der Waals surface area contributed by atoms with Gasteiger partial charge in [-0.15, -0.1) is 0 Å². The zero-order valence-corrected chi connectivity index (χ0v) is 22.7. The van der Waals surface area contributed by atoms with Crippen LogP contribution in [0, 0.1) is 5.41 Å². The summed E-state index contributed by atoms with van der Waals surface area (Å²) in [6.07, 6.45) is 2.81. The van der Waals surface area contributed by atoms with Crippen LogP contribution in [0.5, 0.6) is 0 Å². The molecule has 0 N–H and O–H groups in total. The molecule has 0 radical (unpaired) electrons. The normalized spacial score (nSPS) is 12.8. The van der Waals surface area contributed by atoms with E-state index in [1.54, 1.807) is 10.7 Å². The standard InChI is InChI=1S/C28H30GeN2S/c1-28(2,3)16-18-11-12-22-24(13-18)32-27-25(30-17-31-26(22)27)20-14-19-9-7-8-10-21(19)23(15-20)29(4,5)6/h7-15,17H,16H2,1-6H3. The van der Waals surface area contributed by atoms with E-state index in [-0.39, 0.29) is 5.41 Å². The molecule has 162 valence electrons. The van der Waals surface area contributed by atoms with Crippen molar-refractivity contribution in [3.05, 3.63) is 66.5 Å². The minimum absolute atomic E-state index is 0.273. The van der Waals surface area contributed by atoms with Gasteiger partial charge in [0.2, 0.25) is 0 Å². The van der Waals surface area contributed by atoms with Crippen LogP contribution in [0.1, 0.15) is 26.3 Å². The Bertz CT molecular complexity index is 1470. The third-order valence-electron chi connectivity index (χ3n) is 5.99. The van der Waals surface area contributed by atoms with E-state index in [0.717, 1.165) is 17.6 Å². The first-order valence-corrected chi connectivity index (χ1v) is 19.5. The molecular weight excluding hydrogens is 469 g/mol. The van der Waals surface area contributed by atoms with Crippen molar-refractivity contribution in [2.45, 2.75) is 44.5 Å². The molecule has 5 aromatic rings. The Labute approximate surface area is 197 Å². The van der Waals surface area contributed by atoms with Crippen LogP contribution in [0.4, 0.5) is 0 Å². The van der Waals surface area contributed by atoms with Gasteiger partial charge in [-0.2, -0.15) is 0 Å². The molecule has 5 rings (SSSR count). The van der Waals surface area contributed by atoms with Crippen LogP contribution >= 0.6 is 11.3 Å². The van der Waals surface area contributed by atoms with E-state index < -0.39 is 13.3 Å². The van der Waals surface area contributed by atoms with Gasteiger partial charge in [0, 0.05) is 0 Å². The van der Waals surface area contributed by atoms with E-state index in [1.165, 1.54) is 36.7 Å². The molecule has 0 fully saturated rings. The maximum atomic E-state index is 4.80. The number of benzene rings is 3. The number of aromatic nitrogens is 2. The first-order valence-electron chi connectivity index (χ1n) is 11.3. The topological polar surface area (TPSA) is 25.8 Å². The average Bonchev–Trinajstić information content (AvgIpc) is 3.08. The molecule has 0 unspecified atom stereocenters. The summed E-state index contributed by atoms with van der Waals surface area (Å²) in [7, 11) is 0. The Morgan fingerprint density at radius 3 is 2.41 bits per heavy atom. The van der Waals surface area contributed by atoms with Crippen molar-refractivity contribution in [3.8, 4) is 11.3 Å². The summed E-state index contributed by atoms with van der Waals surface area (Å²) in [4.78, 5) is 9.51. The number of thiophene rings is 1. The minimum atomic E-state index is -2.08. The molecular formula is C28H30GeN2S. The summed E-state index contributed by atoms with van der Waals surface area (Å²) in [5, 5.41) is 3.94. The van der Waals surface area contributed by atoms with Crippen LogP contribution in [-0.2, 0) is 6.42 Å². The summed E-state index contributed by atoms with van der Waals surface area (Å²) in [6.45, 7) is 6.88. The number of nitrogens with zero attached hydrogens (tertiary/aromatic N) is 2. The van der Waals surface area contributed by atoms with Crippen LogP contribution in [0.25, 0.3) is 42.3 Å². The molecule has 3 aromatic carbocycles. The maximum absolute atomic E-state index is 4.80. The SMILES string of the molecule is CC(C)(C)Cc1ccc2c(c1)sc1c(-c3c[c]([Ge]([CH3])([CH3])[CH3])c4ccccc4c3)ncnc12. The molecule has 0 bridgehead atoms. The van der Waals surface area contributed by atoms with Crippen molar-refractivity contribution in [3.63, 3.8) is 0 Å². The summed E-state index contributed by atoms with van der Waals surface area (Å²) in [5.74, 6) is 7.41. The molecule has 0 spiro atoms. The van der Waals surface area contributed by atoms with Crippen LogP contribution in [-0.4, -0.2) is 23.2 Å². The molecule has 2 aromatic heterocycles. The molecule has 0 aliphatic rings. The van der Waals surface area contributed by atoms with Gasteiger partial charge >= 0.3 is 198 Å². The monoisotopic (exact) mass is 500 g/mol. The summed E-state index contributed by atoms with van der Waals surface area (Å²) >= 11 is -0.251. The Hall–Kier alpha value is -2.24. The molecule has 0 saturated carbocycles. The van der Waals surface area contributed by atoms with E-state index in [0.29, 0.717) is 0 Å². The van der Waals surface area contributed by atoms with Crippen LogP contribution in [0.3, 0.4) is 0 Å². The first kappa shape index (κ1) is 21.6. The van der Waals surface area contributed by atoms with Gasteiger partial charge in [0.25, 0.3) is 0 Å². The second kappa shape index (κ2) is 7.67. The van der Waals surface area contributed by atoms with E-state index in [1.807, 2.05) is 11.3 Å². The predicted molar refractivity (Wildman–Crippen MR) is 144 cm³/mol. The van der Waals surface area contributed by atoms with Gasteiger partial charge in [-0.3, -0.25) is 0 Å². The summed E-state index contributed by atoms with van der Waals surface area (Å²) < 4.78 is 4.04. The van der Waals surface area contributed by atoms with Crippen molar-refractivity contribution in [2.24, 2.45) is 5.41 Å². The molecule has 2 heterocycles. The van der Waals surface area contributed by atoms with Gasteiger partial charge in [0.1, 0.15) is 0 Å². The van der Waals surface area contributed by atoms with Crippen molar-refractivity contribution in [2.75, 3.05) is 0 Å². The average molecular weight is 499 g/mol. The Morgan fingerprint density at radius 2 is 1.66 bits per heavy atom. The van der Waals surface area contributed by atoms with Crippen molar-refractivity contribution < 1.29 is 0 Å². The fraction of sp³-hybridized carbons (Fsp3) is 0.286. The Balaban J connectivity index is 1.74. The number of fused-ring (bicyclic) bond motifs is 4. The molecule has 4 heteroatoms. The van der Waals surface area contributed by atoms with Gasteiger partial charge in [0.15, 0.2) is 0 Å². The second-order valence-electron chi connectivity index (χ2n) is 11.1. The van der Waals surface area contributed by atoms with E-state index in [9.17, 15) is 0 Å². The quantitative estimate of drug-likeness (QED) is 0.237. The molecule has 0 atom stereocenters. The van der Waals surface area contributed by atoms with Gasteiger partial charge in [0.05, 0.1) is 0 Å². The second-order valence-corrected chi connectivity index (χ2v) is 22.7. The van der Waals surface area contributed by atoms with E-state index in [4.69, 9.17) is 9.97 Å². The van der Waals surface area contributed by atoms with E-state index >= 15 is 0 Å². The molecule has 0 aliphatic carbocycles. The number of hydrogen-bond donors (Lipinski definition) is 0.